The highest BCUT2D eigenvalue weighted by Gasteiger charge is 2.23. The highest BCUT2D eigenvalue weighted by atomic mass is 32.2. The van der Waals surface area contributed by atoms with Crippen LogP contribution in [0.1, 0.15) is 12.5 Å². The molecule has 3 aromatic rings. The van der Waals surface area contributed by atoms with Crippen LogP contribution in [0, 0.1) is 5.82 Å². The van der Waals surface area contributed by atoms with Crippen LogP contribution < -0.4 is 10.6 Å². The Morgan fingerprint density at radius 1 is 1.22 bits per heavy atom. The number of sulfone groups is 1. The molecule has 0 saturated heterocycles. The summed E-state index contributed by atoms with van der Waals surface area (Å²) < 4.78 is 37.8. The van der Waals surface area contributed by atoms with E-state index in [1.807, 2.05) is 12.1 Å². The second-order valence-electron chi connectivity index (χ2n) is 6.12. The molecule has 1 aromatic carbocycles. The predicted octanol–water partition coefficient (Wildman–Crippen LogP) is 2.31. The molecule has 27 heavy (non-hydrogen) atoms. The molecule has 1 amide bonds. The Bertz CT molecular complexity index is 1150. The van der Waals surface area contributed by atoms with Gasteiger partial charge in [-0.3, -0.25) is 4.79 Å². The fourth-order valence-electron chi connectivity index (χ4n) is 2.72. The van der Waals surface area contributed by atoms with Gasteiger partial charge in [-0.05, 0) is 23.8 Å². The molecule has 0 unspecified atom stereocenters. The van der Waals surface area contributed by atoms with Gasteiger partial charge >= 0.3 is 0 Å². The molecule has 0 atom stereocenters. The summed E-state index contributed by atoms with van der Waals surface area (Å²) in [4.78, 5) is 21.3. The van der Waals surface area contributed by atoms with E-state index >= 15 is 0 Å². The number of carbonyl (C=O) groups is 1. The van der Waals surface area contributed by atoms with Gasteiger partial charge in [0.1, 0.15) is 11.6 Å². The number of rotatable bonds is 4. The monoisotopic (exact) mass is 388 g/mol. The second kappa shape index (κ2) is 6.92. The minimum atomic E-state index is -3.76. The predicted molar refractivity (Wildman–Crippen MR) is 100 cm³/mol. The van der Waals surface area contributed by atoms with Gasteiger partial charge in [0.2, 0.25) is 5.91 Å². The molecule has 0 aliphatic rings. The summed E-state index contributed by atoms with van der Waals surface area (Å²) in [5.74, 6) is -0.832. The highest BCUT2D eigenvalue weighted by molar-refractivity contribution is 7.90. The van der Waals surface area contributed by atoms with Crippen molar-refractivity contribution in [1.29, 1.82) is 0 Å². The maximum absolute atomic E-state index is 13.7. The van der Waals surface area contributed by atoms with Crippen molar-refractivity contribution in [3.05, 3.63) is 54.0 Å². The second-order valence-corrected chi connectivity index (χ2v) is 8.05. The number of hydrogen-bond donors (Lipinski definition) is 1. The number of nitrogens with zero attached hydrogens (tertiary/aromatic N) is 3. The van der Waals surface area contributed by atoms with Gasteiger partial charge in [0.25, 0.3) is 0 Å². The van der Waals surface area contributed by atoms with E-state index in [4.69, 9.17) is 5.73 Å². The normalized spacial score (nSPS) is 11.5. The lowest BCUT2D eigenvalue weighted by atomic mass is 10.1. The van der Waals surface area contributed by atoms with E-state index in [0.717, 1.165) is 23.9 Å². The van der Waals surface area contributed by atoms with Crippen LogP contribution in [-0.2, 0) is 21.2 Å². The Kier molecular flexibility index (Phi) is 4.79. The zero-order chi connectivity index (χ0) is 19.8. The lowest BCUT2D eigenvalue weighted by molar-refractivity contribution is -0.116. The summed E-state index contributed by atoms with van der Waals surface area (Å²) in [5, 5.41) is 0.508. The number of pyridine rings is 2. The Morgan fingerprint density at radius 2 is 1.93 bits per heavy atom. The SMILES string of the molecule is CC(=O)N(Cc1ccc2ccc(N)nc2c1)c1cc(F)cnc1S(C)(=O)=O. The lowest BCUT2D eigenvalue weighted by Crippen LogP contribution is -2.29. The molecule has 7 nitrogen and oxygen atoms in total. The van der Waals surface area contributed by atoms with Crippen LogP contribution in [-0.4, -0.2) is 30.5 Å². The van der Waals surface area contributed by atoms with E-state index in [0.29, 0.717) is 16.9 Å². The molecular weight excluding hydrogens is 371 g/mol. The van der Waals surface area contributed by atoms with Gasteiger partial charge in [-0.15, -0.1) is 0 Å². The van der Waals surface area contributed by atoms with Crippen molar-refractivity contribution in [2.45, 2.75) is 18.5 Å². The summed E-state index contributed by atoms with van der Waals surface area (Å²) in [6.07, 6.45) is 1.76. The fourth-order valence-corrected chi connectivity index (χ4v) is 3.51. The number of halogens is 1. The number of nitrogens with two attached hydrogens (primary N) is 1. The maximum atomic E-state index is 13.7. The molecule has 2 N–H and O–H groups in total. The van der Waals surface area contributed by atoms with Crippen LogP contribution in [0.2, 0.25) is 0 Å². The largest absolute Gasteiger partial charge is 0.384 e. The third-order valence-corrected chi connectivity index (χ3v) is 4.96. The van der Waals surface area contributed by atoms with Crippen LogP contribution >= 0.6 is 0 Å². The smallest absolute Gasteiger partial charge is 0.224 e. The summed E-state index contributed by atoms with van der Waals surface area (Å²) in [6, 6.07) is 9.83. The Balaban J connectivity index is 2.08. The molecule has 0 saturated carbocycles. The van der Waals surface area contributed by atoms with Crippen molar-refractivity contribution in [3.8, 4) is 0 Å². The average Bonchev–Trinajstić information content (AvgIpc) is 2.57. The number of aromatic nitrogens is 2. The van der Waals surface area contributed by atoms with Gasteiger partial charge in [-0.2, -0.15) is 0 Å². The fraction of sp³-hybridized carbons (Fsp3) is 0.167. The van der Waals surface area contributed by atoms with Crippen LogP contribution in [0.3, 0.4) is 0 Å². The number of nitrogen functional groups attached to an aromatic ring is 1. The number of anilines is 2. The van der Waals surface area contributed by atoms with Crippen LogP contribution in [0.4, 0.5) is 15.9 Å². The molecule has 140 valence electrons. The van der Waals surface area contributed by atoms with Crippen molar-refractivity contribution in [2.75, 3.05) is 16.9 Å². The van der Waals surface area contributed by atoms with Crippen molar-refractivity contribution in [2.24, 2.45) is 0 Å². The quantitative estimate of drug-likeness (QED) is 0.735. The molecule has 9 heteroatoms. The molecule has 0 radical (unpaired) electrons. The molecule has 0 fully saturated rings. The van der Waals surface area contributed by atoms with E-state index in [-0.39, 0.29) is 17.3 Å². The number of hydrogen-bond acceptors (Lipinski definition) is 6. The first-order valence-corrected chi connectivity index (χ1v) is 9.83. The third-order valence-electron chi connectivity index (χ3n) is 3.94. The number of benzene rings is 1. The Hall–Kier alpha value is -3.07. The van der Waals surface area contributed by atoms with Gasteiger partial charge < -0.3 is 10.6 Å². The average molecular weight is 388 g/mol. The molecule has 3 rings (SSSR count). The van der Waals surface area contributed by atoms with Crippen LogP contribution in [0.5, 0.6) is 0 Å². The number of fused-ring (bicyclic) bond motifs is 1. The molecule has 0 aliphatic carbocycles. The molecule has 2 heterocycles. The first-order chi connectivity index (χ1) is 12.6. The van der Waals surface area contributed by atoms with Crippen molar-refractivity contribution >= 4 is 38.2 Å². The van der Waals surface area contributed by atoms with E-state index in [1.54, 1.807) is 18.2 Å². The number of carbonyl (C=O) groups excluding carboxylic acids is 1. The van der Waals surface area contributed by atoms with Gasteiger partial charge in [0.15, 0.2) is 14.9 Å². The van der Waals surface area contributed by atoms with Crippen molar-refractivity contribution < 1.29 is 17.6 Å². The molecule has 2 aromatic heterocycles. The zero-order valence-corrected chi connectivity index (χ0v) is 15.5. The van der Waals surface area contributed by atoms with Crippen molar-refractivity contribution in [3.63, 3.8) is 0 Å². The Labute approximate surface area is 155 Å². The van der Waals surface area contributed by atoms with Crippen LogP contribution in [0.25, 0.3) is 10.9 Å². The first-order valence-electron chi connectivity index (χ1n) is 7.94. The number of amides is 1. The van der Waals surface area contributed by atoms with E-state index < -0.39 is 21.6 Å². The van der Waals surface area contributed by atoms with E-state index in [9.17, 15) is 17.6 Å². The summed E-state index contributed by atoms with van der Waals surface area (Å²) in [5.41, 5.74) is 6.92. The summed E-state index contributed by atoms with van der Waals surface area (Å²) >= 11 is 0. The zero-order valence-electron chi connectivity index (χ0n) is 14.7. The standard InChI is InChI=1S/C18H17FN4O3S/c1-11(24)23(16-8-14(19)9-21-18(16)27(2,25)26)10-12-3-4-13-5-6-17(20)22-15(13)7-12/h3-9H,10H2,1-2H3,(H2,20,22). The minimum Gasteiger partial charge on any atom is -0.384 e. The van der Waals surface area contributed by atoms with E-state index in [1.165, 1.54) is 11.8 Å². The van der Waals surface area contributed by atoms with Gasteiger partial charge in [0.05, 0.1) is 23.9 Å². The van der Waals surface area contributed by atoms with E-state index in [2.05, 4.69) is 9.97 Å². The molecular formula is C18H17FN4O3S. The summed E-state index contributed by atoms with van der Waals surface area (Å²) in [7, 11) is -3.76. The summed E-state index contributed by atoms with van der Waals surface area (Å²) in [6.45, 7) is 1.30. The topological polar surface area (TPSA) is 106 Å². The maximum Gasteiger partial charge on any atom is 0.224 e. The molecule has 0 aliphatic heterocycles. The lowest BCUT2D eigenvalue weighted by Gasteiger charge is -2.23. The van der Waals surface area contributed by atoms with Gasteiger partial charge in [0, 0.05) is 24.6 Å². The van der Waals surface area contributed by atoms with Gasteiger partial charge in [-0.1, -0.05) is 12.1 Å². The van der Waals surface area contributed by atoms with Gasteiger partial charge in [-0.25, -0.2) is 22.8 Å². The van der Waals surface area contributed by atoms with Crippen LogP contribution in [0.15, 0.2) is 47.6 Å². The molecule has 0 bridgehead atoms. The Morgan fingerprint density at radius 3 is 2.59 bits per heavy atom. The van der Waals surface area contributed by atoms with Crippen molar-refractivity contribution in [1.82, 2.24) is 9.97 Å². The molecule has 0 spiro atoms. The highest BCUT2D eigenvalue weighted by Crippen LogP contribution is 2.27. The first kappa shape index (κ1) is 18.7. The third kappa shape index (κ3) is 4.03. The minimum absolute atomic E-state index is 0.0232.